The monoisotopic (exact) mass is 342 g/mol. The van der Waals surface area contributed by atoms with Gasteiger partial charge in [-0.3, -0.25) is 4.79 Å². The third-order valence-electron chi connectivity index (χ3n) is 4.33. The van der Waals surface area contributed by atoms with E-state index in [1.807, 2.05) is 68.4 Å². The lowest BCUT2D eigenvalue weighted by molar-refractivity contribution is -0.147. The van der Waals surface area contributed by atoms with Gasteiger partial charge in [-0.25, -0.2) is 0 Å². The fourth-order valence-corrected chi connectivity index (χ4v) is 2.72. The molecule has 0 saturated carbocycles. The maximum atomic E-state index is 11.4. The summed E-state index contributed by atoms with van der Waals surface area (Å²) in [5.41, 5.74) is 2.15. The molecule has 0 heterocycles. The first-order chi connectivity index (χ1) is 12.0. The molecule has 2 N–H and O–H groups in total. The summed E-state index contributed by atoms with van der Waals surface area (Å²) in [5.74, 6) is -0.975. The Hall–Kier alpha value is -2.33. The highest BCUT2D eigenvalue weighted by molar-refractivity contribution is 5.70. The Kier molecular flexibility index (Phi) is 7.02. The van der Waals surface area contributed by atoms with Gasteiger partial charge in [0, 0.05) is 0 Å². The molecule has 4 nitrogen and oxygen atoms in total. The van der Waals surface area contributed by atoms with Gasteiger partial charge in [0.2, 0.25) is 0 Å². The molecule has 0 saturated heterocycles. The number of hydrogen-bond donors (Lipinski definition) is 2. The van der Waals surface area contributed by atoms with Crippen LogP contribution in [0.25, 0.3) is 0 Å². The van der Waals surface area contributed by atoms with Crippen LogP contribution < -0.4 is 4.74 Å². The highest BCUT2D eigenvalue weighted by atomic mass is 16.5. The van der Waals surface area contributed by atoms with E-state index in [2.05, 4.69) is 0 Å². The largest absolute Gasteiger partial charge is 0.489 e. The number of rotatable bonds is 9. The van der Waals surface area contributed by atoms with Gasteiger partial charge >= 0.3 is 5.97 Å². The van der Waals surface area contributed by atoms with Crippen molar-refractivity contribution in [2.75, 3.05) is 0 Å². The Labute approximate surface area is 149 Å². The van der Waals surface area contributed by atoms with Crippen LogP contribution in [-0.4, -0.2) is 22.3 Å². The van der Waals surface area contributed by atoms with E-state index in [4.69, 9.17) is 4.74 Å². The van der Waals surface area contributed by atoms with Gasteiger partial charge in [0.05, 0.1) is 12.0 Å². The predicted octanol–water partition coefficient (Wildman–Crippen LogP) is 3.92. The Bertz CT molecular complexity index is 649. The number of aliphatic hydroxyl groups is 1. The number of aryl methyl sites for hydroxylation is 1. The van der Waals surface area contributed by atoms with Crippen molar-refractivity contribution in [2.45, 2.75) is 39.4 Å². The van der Waals surface area contributed by atoms with Crippen LogP contribution in [0, 0.1) is 11.8 Å². The first-order valence-corrected chi connectivity index (χ1v) is 8.64. The minimum absolute atomic E-state index is 0.0742. The van der Waals surface area contributed by atoms with E-state index in [9.17, 15) is 15.0 Å². The van der Waals surface area contributed by atoms with E-state index in [1.165, 1.54) is 0 Å². The van der Waals surface area contributed by atoms with Crippen molar-refractivity contribution >= 4 is 5.97 Å². The van der Waals surface area contributed by atoms with Crippen LogP contribution in [0.1, 0.15) is 31.4 Å². The lowest BCUT2D eigenvalue weighted by atomic mass is 9.88. The molecule has 134 valence electrons. The Morgan fingerprint density at radius 2 is 1.64 bits per heavy atom. The van der Waals surface area contributed by atoms with Crippen LogP contribution in [0.4, 0.5) is 0 Å². The molecule has 0 aliphatic heterocycles. The van der Waals surface area contributed by atoms with Crippen LogP contribution in [0.5, 0.6) is 5.75 Å². The Morgan fingerprint density at radius 1 is 1.00 bits per heavy atom. The number of carbonyl (C=O) groups is 1. The minimum atomic E-state index is -0.941. The summed E-state index contributed by atoms with van der Waals surface area (Å²) in [7, 11) is 0. The van der Waals surface area contributed by atoms with Gasteiger partial charge in [0.15, 0.2) is 0 Å². The summed E-state index contributed by atoms with van der Waals surface area (Å²) in [4.78, 5) is 11.4. The second-order valence-corrected chi connectivity index (χ2v) is 6.64. The molecule has 2 unspecified atom stereocenters. The van der Waals surface area contributed by atoms with E-state index in [-0.39, 0.29) is 5.92 Å². The number of ether oxygens (including phenoxy) is 1. The van der Waals surface area contributed by atoms with E-state index in [0.29, 0.717) is 19.4 Å². The van der Waals surface area contributed by atoms with Crippen LogP contribution in [-0.2, 0) is 17.8 Å². The molecule has 0 aliphatic rings. The molecule has 0 amide bonds. The van der Waals surface area contributed by atoms with Gasteiger partial charge < -0.3 is 14.9 Å². The van der Waals surface area contributed by atoms with E-state index in [0.717, 1.165) is 16.9 Å². The zero-order valence-corrected chi connectivity index (χ0v) is 14.8. The first-order valence-electron chi connectivity index (χ1n) is 8.64. The summed E-state index contributed by atoms with van der Waals surface area (Å²) >= 11 is 0. The van der Waals surface area contributed by atoms with E-state index in [1.54, 1.807) is 0 Å². The van der Waals surface area contributed by atoms with Crippen LogP contribution in [0.2, 0.25) is 0 Å². The molecule has 2 rings (SSSR count). The lowest BCUT2D eigenvalue weighted by Gasteiger charge is -2.22. The topological polar surface area (TPSA) is 66.8 Å². The number of aliphatic hydroxyl groups excluding tert-OH is 1. The number of carboxylic acids is 1. The minimum Gasteiger partial charge on any atom is -0.489 e. The number of carboxylic acid groups (broad SMARTS) is 1. The maximum absolute atomic E-state index is 11.4. The molecular weight excluding hydrogens is 316 g/mol. The molecule has 2 atom stereocenters. The molecule has 0 aromatic heterocycles. The van der Waals surface area contributed by atoms with Crippen LogP contribution >= 0.6 is 0 Å². The summed E-state index contributed by atoms with van der Waals surface area (Å²) in [6.45, 7) is 4.18. The SMILES string of the molecule is CC(C)C(O)C(CCc1ccc(OCc2ccccc2)cc1)C(=O)O. The summed E-state index contributed by atoms with van der Waals surface area (Å²) < 4.78 is 5.75. The van der Waals surface area contributed by atoms with Gasteiger partial charge in [0.1, 0.15) is 12.4 Å². The third-order valence-corrected chi connectivity index (χ3v) is 4.33. The van der Waals surface area contributed by atoms with Crippen molar-refractivity contribution in [2.24, 2.45) is 11.8 Å². The summed E-state index contributed by atoms with van der Waals surface area (Å²) in [6, 6.07) is 17.6. The molecule has 4 heteroatoms. The van der Waals surface area contributed by atoms with Gasteiger partial charge in [0.25, 0.3) is 0 Å². The van der Waals surface area contributed by atoms with Crippen molar-refractivity contribution in [1.82, 2.24) is 0 Å². The Balaban J connectivity index is 1.88. The van der Waals surface area contributed by atoms with Crippen LogP contribution in [0.15, 0.2) is 54.6 Å². The Morgan fingerprint density at radius 3 is 2.20 bits per heavy atom. The fourth-order valence-electron chi connectivity index (χ4n) is 2.72. The standard InChI is InChI=1S/C21H26O4/c1-15(2)20(22)19(21(23)24)13-10-16-8-11-18(12-9-16)25-14-17-6-4-3-5-7-17/h3-9,11-12,15,19-20,22H,10,13-14H2,1-2H3,(H,23,24). The average Bonchev–Trinajstić information content (AvgIpc) is 2.61. The molecule has 2 aromatic carbocycles. The molecule has 0 spiro atoms. The molecule has 0 radical (unpaired) electrons. The maximum Gasteiger partial charge on any atom is 0.309 e. The highest BCUT2D eigenvalue weighted by Gasteiger charge is 2.28. The smallest absolute Gasteiger partial charge is 0.309 e. The average molecular weight is 342 g/mol. The second kappa shape index (κ2) is 9.23. The lowest BCUT2D eigenvalue weighted by Crippen LogP contribution is -2.32. The van der Waals surface area contributed by atoms with Gasteiger partial charge in [-0.1, -0.05) is 56.3 Å². The van der Waals surface area contributed by atoms with E-state index >= 15 is 0 Å². The van der Waals surface area contributed by atoms with Crippen LogP contribution in [0.3, 0.4) is 0 Å². The van der Waals surface area contributed by atoms with Crippen molar-refractivity contribution in [3.63, 3.8) is 0 Å². The van der Waals surface area contributed by atoms with Gasteiger partial charge in [-0.2, -0.15) is 0 Å². The molecule has 0 fully saturated rings. The van der Waals surface area contributed by atoms with Gasteiger partial charge in [-0.05, 0) is 42.0 Å². The molecule has 0 bridgehead atoms. The zero-order valence-electron chi connectivity index (χ0n) is 14.8. The van der Waals surface area contributed by atoms with Crippen molar-refractivity contribution < 1.29 is 19.7 Å². The summed E-state index contributed by atoms with van der Waals surface area (Å²) in [5, 5.41) is 19.4. The second-order valence-electron chi connectivity index (χ2n) is 6.64. The predicted molar refractivity (Wildman–Crippen MR) is 97.5 cm³/mol. The van der Waals surface area contributed by atoms with Crippen molar-refractivity contribution in [1.29, 1.82) is 0 Å². The first kappa shape index (κ1) is 19.0. The molecule has 0 aliphatic carbocycles. The number of hydrogen-bond acceptors (Lipinski definition) is 3. The quantitative estimate of drug-likeness (QED) is 0.725. The fraction of sp³-hybridized carbons (Fsp3) is 0.381. The molecule has 2 aromatic rings. The summed E-state index contributed by atoms with van der Waals surface area (Å²) in [6.07, 6.45) is 0.199. The normalized spacial score (nSPS) is 13.4. The highest BCUT2D eigenvalue weighted by Crippen LogP contribution is 2.21. The number of benzene rings is 2. The van der Waals surface area contributed by atoms with E-state index < -0.39 is 18.0 Å². The molecule has 25 heavy (non-hydrogen) atoms. The van der Waals surface area contributed by atoms with Crippen molar-refractivity contribution in [3.05, 3.63) is 65.7 Å². The zero-order chi connectivity index (χ0) is 18.2. The number of aliphatic carboxylic acids is 1. The molecular formula is C21H26O4. The van der Waals surface area contributed by atoms with Gasteiger partial charge in [-0.15, -0.1) is 0 Å². The van der Waals surface area contributed by atoms with Crippen molar-refractivity contribution in [3.8, 4) is 5.75 Å². The third kappa shape index (κ3) is 5.91.